The first-order valence-corrected chi connectivity index (χ1v) is 7.74. The first-order chi connectivity index (χ1) is 9.63. The molecule has 1 N–H and O–H groups in total. The number of anilines is 1. The van der Waals surface area contributed by atoms with Crippen LogP contribution < -0.4 is 10.2 Å². The highest BCUT2D eigenvalue weighted by atomic mass is 15.2. The molecule has 0 unspecified atom stereocenters. The fraction of sp³-hybridized carbons (Fsp3) is 0.588. The number of nitrogens with one attached hydrogen (secondary N) is 1. The Morgan fingerprint density at radius 2 is 2.10 bits per heavy atom. The number of pyridine rings is 1. The van der Waals surface area contributed by atoms with Crippen molar-refractivity contribution >= 4 is 5.82 Å². The number of hydrogen-bond acceptors (Lipinski definition) is 3. The minimum absolute atomic E-state index is 0.742. The largest absolute Gasteiger partial charge is 0.352 e. The Morgan fingerprint density at radius 3 is 2.80 bits per heavy atom. The summed E-state index contributed by atoms with van der Waals surface area (Å²) < 4.78 is 0. The molecule has 2 aliphatic rings. The van der Waals surface area contributed by atoms with Gasteiger partial charge in [-0.05, 0) is 51.7 Å². The van der Waals surface area contributed by atoms with Crippen LogP contribution in [0.2, 0.25) is 0 Å². The second-order valence-corrected chi connectivity index (χ2v) is 6.30. The van der Waals surface area contributed by atoms with E-state index < -0.39 is 0 Å². The van der Waals surface area contributed by atoms with Gasteiger partial charge < -0.3 is 10.2 Å². The molecule has 1 aliphatic carbocycles. The molecule has 3 heteroatoms. The number of aromatic nitrogens is 1. The third-order valence-electron chi connectivity index (χ3n) is 4.23. The summed E-state index contributed by atoms with van der Waals surface area (Å²) in [7, 11) is 0. The van der Waals surface area contributed by atoms with Crippen LogP contribution in [-0.2, 0) is 6.54 Å². The fourth-order valence-corrected chi connectivity index (χ4v) is 2.95. The van der Waals surface area contributed by atoms with Gasteiger partial charge in [0, 0.05) is 36.9 Å². The zero-order chi connectivity index (χ0) is 14.1. The lowest BCUT2D eigenvalue weighted by atomic mass is 10.1. The van der Waals surface area contributed by atoms with Crippen molar-refractivity contribution in [1.82, 2.24) is 10.3 Å². The van der Waals surface area contributed by atoms with Gasteiger partial charge in [0.05, 0.1) is 0 Å². The van der Waals surface area contributed by atoms with E-state index in [4.69, 9.17) is 4.98 Å². The molecule has 1 aromatic rings. The Balaban J connectivity index is 1.88. The van der Waals surface area contributed by atoms with Crippen molar-refractivity contribution < 1.29 is 0 Å². The third-order valence-corrected chi connectivity index (χ3v) is 4.23. The maximum atomic E-state index is 4.85. The van der Waals surface area contributed by atoms with E-state index in [2.05, 4.69) is 43.1 Å². The van der Waals surface area contributed by atoms with Crippen molar-refractivity contribution in [2.75, 3.05) is 18.0 Å². The Hall–Kier alpha value is -1.35. The molecule has 0 saturated heterocycles. The summed E-state index contributed by atoms with van der Waals surface area (Å²) in [5.41, 5.74) is 5.34. The number of rotatable bonds is 4. The van der Waals surface area contributed by atoms with E-state index in [1.165, 1.54) is 35.4 Å². The molecule has 20 heavy (non-hydrogen) atoms. The predicted molar refractivity (Wildman–Crippen MR) is 84.2 cm³/mol. The maximum Gasteiger partial charge on any atom is 0.133 e. The predicted octanol–water partition coefficient (Wildman–Crippen LogP) is 3.11. The van der Waals surface area contributed by atoms with Crippen molar-refractivity contribution in [2.24, 2.45) is 0 Å². The topological polar surface area (TPSA) is 28.2 Å². The molecule has 108 valence electrons. The maximum absolute atomic E-state index is 4.85. The van der Waals surface area contributed by atoms with Crippen LogP contribution in [0.5, 0.6) is 0 Å². The van der Waals surface area contributed by atoms with Crippen LogP contribution in [0, 0.1) is 13.8 Å². The molecule has 0 atom stereocenters. The molecular weight excluding hydrogens is 246 g/mol. The summed E-state index contributed by atoms with van der Waals surface area (Å²) in [6, 6.07) is 2.95. The van der Waals surface area contributed by atoms with Crippen LogP contribution in [0.3, 0.4) is 0 Å². The Morgan fingerprint density at radius 1 is 1.30 bits per heavy atom. The summed E-state index contributed by atoms with van der Waals surface area (Å²) in [6.45, 7) is 9.60. The van der Waals surface area contributed by atoms with Crippen molar-refractivity contribution in [3.05, 3.63) is 34.5 Å². The van der Waals surface area contributed by atoms with E-state index in [1.54, 1.807) is 0 Å². The van der Waals surface area contributed by atoms with Crippen molar-refractivity contribution in [2.45, 2.75) is 52.6 Å². The van der Waals surface area contributed by atoms with Gasteiger partial charge in [0.2, 0.25) is 0 Å². The molecule has 0 radical (unpaired) electrons. The SMILES string of the molecule is CC1=CCCN(c2nc(C)cc(C)c2CNC2CC2)C1. The first-order valence-electron chi connectivity index (χ1n) is 7.74. The third kappa shape index (κ3) is 3.04. The molecule has 3 rings (SSSR count). The van der Waals surface area contributed by atoms with E-state index >= 15 is 0 Å². The van der Waals surface area contributed by atoms with Gasteiger partial charge in [-0.25, -0.2) is 4.98 Å². The van der Waals surface area contributed by atoms with Gasteiger partial charge in [-0.15, -0.1) is 0 Å². The normalized spacial score (nSPS) is 19.1. The van der Waals surface area contributed by atoms with Gasteiger partial charge in [-0.2, -0.15) is 0 Å². The lowest BCUT2D eigenvalue weighted by Gasteiger charge is -2.30. The standard InChI is InChI=1S/C17H25N3/c1-12-5-4-8-20(11-12)17-16(10-18-15-6-7-15)13(2)9-14(3)19-17/h5,9,15,18H,4,6-8,10-11H2,1-3H3. The molecule has 1 fully saturated rings. The zero-order valence-corrected chi connectivity index (χ0v) is 12.9. The second-order valence-electron chi connectivity index (χ2n) is 6.30. The second kappa shape index (κ2) is 5.57. The van der Waals surface area contributed by atoms with E-state index in [0.717, 1.165) is 37.8 Å². The van der Waals surface area contributed by atoms with Gasteiger partial charge in [0.1, 0.15) is 5.82 Å². The van der Waals surface area contributed by atoms with Crippen LogP contribution in [0.4, 0.5) is 5.82 Å². The van der Waals surface area contributed by atoms with Crippen LogP contribution in [0.15, 0.2) is 17.7 Å². The molecule has 1 aliphatic heterocycles. The molecule has 1 saturated carbocycles. The van der Waals surface area contributed by atoms with Gasteiger partial charge in [0.15, 0.2) is 0 Å². The lowest BCUT2D eigenvalue weighted by molar-refractivity contribution is 0.674. The quantitative estimate of drug-likeness (QED) is 0.853. The van der Waals surface area contributed by atoms with E-state index in [9.17, 15) is 0 Å². The van der Waals surface area contributed by atoms with Gasteiger partial charge >= 0.3 is 0 Å². The number of nitrogens with zero attached hydrogens (tertiary/aromatic N) is 2. The molecule has 0 aromatic carbocycles. The van der Waals surface area contributed by atoms with Crippen LogP contribution in [-0.4, -0.2) is 24.1 Å². The molecule has 0 spiro atoms. The number of hydrogen-bond donors (Lipinski definition) is 1. The van der Waals surface area contributed by atoms with E-state index in [0.29, 0.717) is 0 Å². The lowest BCUT2D eigenvalue weighted by Crippen LogP contribution is -2.32. The Labute approximate surface area is 122 Å². The molecule has 1 aromatic heterocycles. The Kier molecular flexibility index (Phi) is 3.79. The van der Waals surface area contributed by atoms with Gasteiger partial charge in [-0.1, -0.05) is 11.6 Å². The molecule has 3 nitrogen and oxygen atoms in total. The fourth-order valence-electron chi connectivity index (χ4n) is 2.95. The summed E-state index contributed by atoms with van der Waals surface area (Å²) in [4.78, 5) is 7.29. The van der Waals surface area contributed by atoms with Crippen molar-refractivity contribution in [3.63, 3.8) is 0 Å². The summed E-state index contributed by atoms with van der Waals surface area (Å²) in [5.74, 6) is 1.20. The van der Waals surface area contributed by atoms with E-state index in [1.807, 2.05) is 0 Å². The first kappa shape index (κ1) is 13.6. The summed E-state index contributed by atoms with van der Waals surface area (Å²) in [6.07, 6.45) is 6.15. The number of aryl methyl sites for hydroxylation is 2. The molecule has 2 heterocycles. The zero-order valence-electron chi connectivity index (χ0n) is 12.9. The Bertz CT molecular complexity index is 529. The van der Waals surface area contributed by atoms with Crippen LogP contribution in [0.25, 0.3) is 0 Å². The van der Waals surface area contributed by atoms with Gasteiger partial charge in [-0.3, -0.25) is 0 Å². The molecule has 0 bridgehead atoms. The van der Waals surface area contributed by atoms with Crippen molar-refractivity contribution in [3.8, 4) is 0 Å². The molecule has 0 amide bonds. The summed E-state index contributed by atoms with van der Waals surface area (Å²) >= 11 is 0. The van der Waals surface area contributed by atoms with Gasteiger partial charge in [0.25, 0.3) is 0 Å². The summed E-state index contributed by atoms with van der Waals surface area (Å²) in [5, 5.41) is 3.64. The minimum atomic E-state index is 0.742. The highest BCUT2D eigenvalue weighted by molar-refractivity contribution is 5.53. The van der Waals surface area contributed by atoms with Crippen LogP contribution >= 0.6 is 0 Å². The molecular formula is C17H25N3. The highest BCUT2D eigenvalue weighted by Gasteiger charge is 2.23. The minimum Gasteiger partial charge on any atom is -0.352 e. The van der Waals surface area contributed by atoms with Crippen molar-refractivity contribution in [1.29, 1.82) is 0 Å². The monoisotopic (exact) mass is 271 g/mol. The average molecular weight is 271 g/mol. The van der Waals surface area contributed by atoms with Crippen LogP contribution in [0.1, 0.15) is 43.0 Å². The average Bonchev–Trinajstić information content (AvgIpc) is 3.21. The highest BCUT2D eigenvalue weighted by Crippen LogP contribution is 2.27. The smallest absolute Gasteiger partial charge is 0.133 e. The van der Waals surface area contributed by atoms with E-state index in [-0.39, 0.29) is 0 Å².